The average Bonchev–Trinajstić information content (AvgIpc) is 3.49. The molecule has 33 heavy (non-hydrogen) atoms. The summed E-state index contributed by atoms with van der Waals surface area (Å²) in [5, 5.41) is 15.2. The van der Waals surface area contributed by atoms with Gasteiger partial charge in [-0.15, -0.1) is 0 Å². The van der Waals surface area contributed by atoms with E-state index >= 15 is 0 Å². The van der Waals surface area contributed by atoms with Crippen LogP contribution in [0.15, 0.2) is 72.8 Å². The molecule has 0 unspecified atom stereocenters. The molecule has 0 saturated heterocycles. The number of aromatic nitrogens is 6. The van der Waals surface area contributed by atoms with Gasteiger partial charge in [-0.2, -0.15) is 4.68 Å². The lowest BCUT2D eigenvalue weighted by atomic mass is 10.2. The highest BCUT2D eigenvalue weighted by Gasteiger charge is 2.14. The lowest BCUT2D eigenvalue weighted by molar-refractivity contribution is 0.362. The quantitative estimate of drug-likeness (QED) is 0.336. The summed E-state index contributed by atoms with van der Waals surface area (Å²) >= 11 is 0. The normalized spacial score (nSPS) is 11.1. The first kappa shape index (κ1) is 20.7. The molecule has 5 aromatic rings. The average molecular weight is 441 g/mol. The number of fused-ring (bicyclic) bond motifs is 1. The number of nitrogens with one attached hydrogen (secondary N) is 2. The van der Waals surface area contributed by atoms with Crippen LogP contribution in [0.4, 0.5) is 0 Å². The third-order valence-electron chi connectivity index (χ3n) is 5.18. The Bertz CT molecular complexity index is 1310. The highest BCUT2D eigenvalue weighted by Crippen LogP contribution is 2.32. The van der Waals surface area contributed by atoms with Crippen LogP contribution in [0.2, 0.25) is 0 Å². The summed E-state index contributed by atoms with van der Waals surface area (Å²) in [6.45, 7) is 1.49. The van der Waals surface area contributed by atoms with Crippen molar-refractivity contribution in [3.63, 3.8) is 0 Å². The van der Waals surface area contributed by atoms with Gasteiger partial charge in [0.15, 0.2) is 11.5 Å². The summed E-state index contributed by atoms with van der Waals surface area (Å²) in [5.41, 5.74) is 3.94. The molecule has 2 N–H and O–H groups in total. The molecule has 9 nitrogen and oxygen atoms in total. The van der Waals surface area contributed by atoms with Crippen molar-refractivity contribution in [1.29, 1.82) is 0 Å². The number of tetrazole rings is 1. The molecule has 0 aliphatic rings. The molecule has 0 bridgehead atoms. The number of ether oxygens (including phenoxy) is 2. The van der Waals surface area contributed by atoms with Crippen molar-refractivity contribution >= 4 is 11.0 Å². The highest BCUT2D eigenvalue weighted by atomic mass is 16.5. The Kier molecular flexibility index (Phi) is 5.94. The van der Waals surface area contributed by atoms with E-state index in [1.165, 1.54) is 4.68 Å². The second-order valence-electron chi connectivity index (χ2n) is 7.42. The minimum absolute atomic E-state index is 0.260. The summed E-state index contributed by atoms with van der Waals surface area (Å²) in [4.78, 5) is 7.96. The van der Waals surface area contributed by atoms with Crippen LogP contribution in [0.3, 0.4) is 0 Å². The smallest absolute Gasteiger partial charge is 0.346 e. The zero-order chi connectivity index (χ0) is 22.5. The van der Waals surface area contributed by atoms with Gasteiger partial charge in [-0.05, 0) is 52.4 Å². The maximum Gasteiger partial charge on any atom is 0.346 e. The molecule has 0 atom stereocenters. The number of hydrogen-bond acceptors (Lipinski definition) is 7. The van der Waals surface area contributed by atoms with E-state index in [4.69, 9.17) is 9.47 Å². The van der Waals surface area contributed by atoms with E-state index in [1.807, 2.05) is 72.8 Å². The minimum atomic E-state index is 0.260. The molecule has 0 amide bonds. The molecular weight excluding hydrogens is 418 g/mol. The van der Waals surface area contributed by atoms with Gasteiger partial charge in [0.2, 0.25) is 0 Å². The molecule has 0 fully saturated rings. The summed E-state index contributed by atoms with van der Waals surface area (Å²) in [7, 11) is 1.61. The van der Waals surface area contributed by atoms with Gasteiger partial charge in [0, 0.05) is 19.5 Å². The monoisotopic (exact) mass is 441 g/mol. The first-order chi connectivity index (χ1) is 16.3. The van der Waals surface area contributed by atoms with Crippen LogP contribution in [-0.2, 0) is 13.0 Å². The predicted octanol–water partition coefficient (Wildman–Crippen LogP) is 3.67. The summed E-state index contributed by atoms with van der Waals surface area (Å²) in [6, 6.07) is 23.7. The minimum Gasteiger partial charge on any atom is -0.493 e. The summed E-state index contributed by atoms with van der Waals surface area (Å²) in [6.07, 6.45) is 0.815. The van der Waals surface area contributed by atoms with E-state index in [2.05, 4.69) is 30.8 Å². The Morgan fingerprint density at radius 1 is 0.970 bits per heavy atom. The molecule has 166 valence electrons. The standard InChI is InChI=1S/C24H23N7O2/c1-32-22-15-17(16-25-14-13-23-26-19-9-5-6-10-20(19)27-23)11-12-21(22)33-24-28-29-30-31(24)18-7-3-2-4-8-18/h2-12,15,25H,13-14,16H2,1H3,(H,26,27). The molecule has 0 aliphatic carbocycles. The van der Waals surface area contributed by atoms with Crippen molar-refractivity contribution in [2.45, 2.75) is 13.0 Å². The Labute approximate surface area is 190 Å². The number of hydrogen-bond donors (Lipinski definition) is 2. The zero-order valence-corrected chi connectivity index (χ0v) is 18.1. The van der Waals surface area contributed by atoms with E-state index in [9.17, 15) is 0 Å². The molecule has 0 radical (unpaired) electrons. The van der Waals surface area contributed by atoms with Gasteiger partial charge in [0.25, 0.3) is 0 Å². The first-order valence-corrected chi connectivity index (χ1v) is 10.6. The van der Waals surface area contributed by atoms with Crippen LogP contribution in [0, 0.1) is 0 Å². The van der Waals surface area contributed by atoms with Crippen LogP contribution in [0.5, 0.6) is 17.5 Å². The Balaban J connectivity index is 1.21. The molecule has 9 heteroatoms. The summed E-state index contributed by atoms with van der Waals surface area (Å²) in [5.74, 6) is 2.12. The number of nitrogens with zero attached hydrogens (tertiary/aromatic N) is 5. The van der Waals surface area contributed by atoms with E-state index in [0.717, 1.165) is 41.1 Å². The molecule has 0 saturated carbocycles. The van der Waals surface area contributed by atoms with Crippen LogP contribution < -0.4 is 14.8 Å². The number of aromatic amines is 1. The van der Waals surface area contributed by atoms with Gasteiger partial charge in [0.1, 0.15) is 5.82 Å². The molecular formula is C24H23N7O2. The fourth-order valence-corrected chi connectivity index (χ4v) is 3.54. The molecule has 2 aromatic heterocycles. The van der Waals surface area contributed by atoms with Crippen molar-refractivity contribution in [2.75, 3.05) is 13.7 Å². The number of H-pyrrole nitrogens is 1. The zero-order valence-electron chi connectivity index (χ0n) is 18.1. The summed E-state index contributed by atoms with van der Waals surface area (Å²) < 4.78 is 13.0. The van der Waals surface area contributed by atoms with Gasteiger partial charge in [-0.1, -0.05) is 41.5 Å². The van der Waals surface area contributed by atoms with Gasteiger partial charge in [-0.3, -0.25) is 0 Å². The van der Waals surface area contributed by atoms with Crippen LogP contribution in [0.1, 0.15) is 11.4 Å². The van der Waals surface area contributed by atoms with Crippen LogP contribution in [-0.4, -0.2) is 43.8 Å². The van der Waals surface area contributed by atoms with Gasteiger partial charge in [-0.25, -0.2) is 4.98 Å². The van der Waals surface area contributed by atoms with E-state index in [1.54, 1.807) is 7.11 Å². The van der Waals surface area contributed by atoms with E-state index in [0.29, 0.717) is 18.0 Å². The number of para-hydroxylation sites is 3. The molecule has 5 rings (SSSR count). The van der Waals surface area contributed by atoms with E-state index in [-0.39, 0.29) is 6.01 Å². The topological polar surface area (TPSA) is 103 Å². The van der Waals surface area contributed by atoms with Crippen molar-refractivity contribution in [3.05, 3.63) is 84.2 Å². The molecule has 0 aliphatic heterocycles. The largest absolute Gasteiger partial charge is 0.493 e. The third kappa shape index (κ3) is 4.68. The van der Waals surface area contributed by atoms with Crippen molar-refractivity contribution in [3.8, 4) is 23.2 Å². The van der Waals surface area contributed by atoms with Crippen molar-refractivity contribution in [2.24, 2.45) is 0 Å². The maximum absolute atomic E-state index is 5.96. The van der Waals surface area contributed by atoms with Gasteiger partial charge < -0.3 is 19.8 Å². The van der Waals surface area contributed by atoms with Gasteiger partial charge in [0.05, 0.1) is 23.8 Å². The fraction of sp³-hybridized carbons (Fsp3) is 0.167. The second-order valence-corrected chi connectivity index (χ2v) is 7.42. The first-order valence-electron chi connectivity index (χ1n) is 10.6. The Morgan fingerprint density at radius 2 is 1.82 bits per heavy atom. The highest BCUT2D eigenvalue weighted by molar-refractivity contribution is 5.74. The van der Waals surface area contributed by atoms with E-state index < -0.39 is 0 Å². The third-order valence-corrected chi connectivity index (χ3v) is 5.18. The van der Waals surface area contributed by atoms with Crippen LogP contribution in [0.25, 0.3) is 16.7 Å². The Hall–Kier alpha value is -4.24. The molecule has 3 aromatic carbocycles. The van der Waals surface area contributed by atoms with Crippen LogP contribution >= 0.6 is 0 Å². The van der Waals surface area contributed by atoms with Gasteiger partial charge >= 0.3 is 6.01 Å². The number of methoxy groups -OCH3 is 1. The SMILES string of the molecule is COc1cc(CNCCc2nc3ccccc3[nH]2)ccc1Oc1nnnn1-c1ccccc1. The predicted molar refractivity (Wildman–Crippen MR) is 124 cm³/mol. The lowest BCUT2D eigenvalue weighted by Gasteiger charge is -2.12. The molecule has 0 spiro atoms. The number of rotatable bonds is 9. The second kappa shape index (κ2) is 9.49. The maximum atomic E-state index is 5.96. The lowest BCUT2D eigenvalue weighted by Crippen LogP contribution is -2.17. The van der Waals surface area contributed by atoms with Crippen molar-refractivity contribution in [1.82, 2.24) is 35.5 Å². The fourth-order valence-electron chi connectivity index (χ4n) is 3.54. The number of benzene rings is 3. The molecule has 2 heterocycles. The van der Waals surface area contributed by atoms with Crippen molar-refractivity contribution < 1.29 is 9.47 Å². The number of imidazole rings is 1. The Morgan fingerprint density at radius 3 is 2.67 bits per heavy atom.